The van der Waals surface area contributed by atoms with E-state index >= 15 is 0 Å². The minimum Gasteiger partial charge on any atom is -0.337 e. The zero-order valence-electron chi connectivity index (χ0n) is 15.6. The fourth-order valence-electron chi connectivity index (χ4n) is 4.51. The second kappa shape index (κ2) is 5.68. The van der Waals surface area contributed by atoms with E-state index in [4.69, 9.17) is 0 Å². The zero-order chi connectivity index (χ0) is 18.6. The number of nitrogens with zero attached hydrogens (tertiary/aromatic N) is 1. The van der Waals surface area contributed by atoms with E-state index < -0.39 is 0 Å². The van der Waals surface area contributed by atoms with Crippen LogP contribution in [0.15, 0.2) is 66.7 Å². The first-order valence-corrected chi connectivity index (χ1v) is 9.37. The maximum absolute atomic E-state index is 11.1. The van der Waals surface area contributed by atoms with Crippen LogP contribution in [0, 0.1) is 0 Å². The van der Waals surface area contributed by atoms with Crippen LogP contribution in [-0.4, -0.2) is 12.8 Å². The first-order chi connectivity index (χ1) is 13.1. The minimum absolute atomic E-state index is 0.00221. The fraction of sp³-hybridized carbons (Fsp3) is 0.160. The van der Waals surface area contributed by atoms with Crippen molar-refractivity contribution in [2.45, 2.75) is 19.3 Å². The van der Waals surface area contributed by atoms with Crippen LogP contribution in [0.25, 0.3) is 17.2 Å². The zero-order valence-corrected chi connectivity index (χ0v) is 15.6. The molecular formula is C25H21NO. The smallest absolute Gasteiger partial charge is 0.150 e. The summed E-state index contributed by atoms with van der Waals surface area (Å²) in [6.07, 6.45) is 5.16. The predicted octanol–water partition coefficient (Wildman–Crippen LogP) is 5.97. The van der Waals surface area contributed by atoms with E-state index in [0.717, 1.165) is 24.1 Å². The Kier molecular flexibility index (Phi) is 3.38. The quantitative estimate of drug-likeness (QED) is 0.530. The Morgan fingerprint density at radius 1 is 0.926 bits per heavy atom. The number of fused-ring (bicyclic) bond motifs is 4. The lowest BCUT2D eigenvalue weighted by Gasteiger charge is -2.30. The first kappa shape index (κ1) is 16.1. The molecule has 0 unspecified atom stereocenters. The standard InChI is InChI=1S/C25H21NO/c1-25(2)22-8-4-3-7-20(22)21-11-10-19(15-23(21)25)26-13-5-6-18-14-17(16-27)9-12-24(18)26/h3-12,14-16H,13H2,1-2H3. The van der Waals surface area contributed by atoms with Gasteiger partial charge in [-0.15, -0.1) is 0 Å². The van der Waals surface area contributed by atoms with Gasteiger partial charge in [0.15, 0.2) is 0 Å². The molecule has 0 aromatic heterocycles. The third-order valence-electron chi connectivity index (χ3n) is 5.94. The summed E-state index contributed by atoms with van der Waals surface area (Å²) in [5.41, 5.74) is 9.60. The maximum Gasteiger partial charge on any atom is 0.150 e. The van der Waals surface area contributed by atoms with E-state index in [9.17, 15) is 4.79 Å². The van der Waals surface area contributed by atoms with Crippen molar-refractivity contribution in [3.63, 3.8) is 0 Å². The van der Waals surface area contributed by atoms with Crippen molar-refractivity contribution < 1.29 is 4.79 Å². The molecule has 0 amide bonds. The van der Waals surface area contributed by atoms with Gasteiger partial charge in [0.2, 0.25) is 0 Å². The Hall–Kier alpha value is -3.13. The molecule has 1 heterocycles. The molecule has 132 valence electrons. The number of rotatable bonds is 2. The van der Waals surface area contributed by atoms with E-state index in [2.05, 4.69) is 79.4 Å². The average Bonchev–Trinajstić information content (AvgIpc) is 2.94. The van der Waals surface area contributed by atoms with Gasteiger partial charge in [0.1, 0.15) is 6.29 Å². The molecule has 2 aliphatic rings. The Bertz CT molecular complexity index is 1110. The topological polar surface area (TPSA) is 20.3 Å². The minimum atomic E-state index is -0.00221. The van der Waals surface area contributed by atoms with Crippen LogP contribution in [0.3, 0.4) is 0 Å². The summed E-state index contributed by atoms with van der Waals surface area (Å²) in [6.45, 7) is 5.45. The molecule has 2 nitrogen and oxygen atoms in total. The average molecular weight is 351 g/mol. The van der Waals surface area contributed by atoms with Gasteiger partial charge in [-0.05, 0) is 58.1 Å². The molecule has 3 aromatic rings. The molecule has 0 spiro atoms. The van der Waals surface area contributed by atoms with Gasteiger partial charge >= 0.3 is 0 Å². The van der Waals surface area contributed by atoms with Gasteiger partial charge in [-0.25, -0.2) is 0 Å². The molecule has 1 aliphatic heterocycles. The number of hydrogen-bond acceptors (Lipinski definition) is 2. The first-order valence-electron chi connectivity index (χ1n) is 9.37. The van der Waals surface area contributed by atoms with E-state index in [-0.39, 0.29) is 5.41 Å². The van der Waals surface area contributed by atoms with Crippen molar-refractivity contribution in [2.75, 3.05) is 11.4 Å². The monoisotopic (exact) mass is 351 g/mol. The van der Waals surface area contributed by atoms with Crippen molar-refractivity contribution in [3.05, 3.63) is 89.0 Å². The highest BCUT2D eigenvalue weighted by atomic mass is 16.1. The molecule has 5 rings (SSSR count). The van der Waals surface area contributed by atoms with E-state index in [1.807, 2.05) is 12.1 Å². The summed E-state index contributed by atoms with van der Waals surface area (Å²) in [5.74, 6) is 0. The van der Waals surface area contributed by atoms with Gasteiger partial charge in [-0.2, -0.15) is 0 Å². The molecule has 0 atom stereocenters. The van der Waals surface area contributed by atoms with Crippen molar-refractivity contribution in [2.24, 2.45) is 0 Å². The van der Waals surface area contributed by atoms with Crippen LogP contribution in [-0.2, 0) is 5.41 Å². The van der Waals surface area contributed by atoms with Crippen LogP contribution >= 0.6 is 0 Å². The number of carbonyl (C=O) groups is 1. The number of aldehydes is 1. The lowest BCUT2D eigenvalue weighted by atomic mass is 9.82. The lowest BCUT2D eigenvalue weighted by molar-refractivity contribution is 0.112. The van der Waals surface area contributed by atoms with Gasteiger partial charge in [0, 0.05) is 28.9 Å². The van der Waals surface area contributed by atoms with Crippen LogP contribution in [0.2, 0.25) is 0 Å². The highest BCUT2D eigenvalue weighted by molar-refractivity contribution is 5.86. The summed E-state index contributed by atoms with van der Waals surface area (Å²) in [4.78, 5) is 13.4. The fourth-order valence-corrected chi connectivity index (χ4v) is 4.51. The van der Waals surface area contributed by atoms with Crippen molar-refractivity contribution in [3.8, 4) is 11.1 Å². The highest BCUT2D eigenvalue weighted by Crippen LogP contribution is 2.50. The Morgan fingerprint density at radius 3 is 2.59 bits per heavy atom. The lowest BCUT2D eigenvalue weighted by Crippen LogP contribution is -2.21. The molecule has 0 N–H and O–H groups in total. The molecule has 2 heteroatoms. The summed E-state index contributed by atoms with van der Waals surface area (Å²) >= 11 is 0. The molecule has 0 bridgehead atoms. The van der Waals surface area contributed by atoms with E-state index in [1.54, 1.807) is 0 Å². The summed E-state index contributed by atoms with van der Waals surface area (Å²) < 4.78 is 0. The Labute approximate surface area is 159 Å². The Balaban J connectivity index is 1.63. The highest BCUT2D eigenvalue weighted by Gasteiger charge is 2.35. The van der Waals surface area contributed by atoms with Gasteiger partial charge < -0.3 is 4.90 Å². The number of anilines is 2. The Morgan fingerprint density at radius 2 is 1.74 bits per heavy atom. The van der Waals surface area contributed by atoms with Crippen molar-refractivity contribution in [1.29, 1.82) is 0 Å². The third kappa shape index (κ3) is 2.30. The number of benzene rings is 3. The third-order valence-corrected chi connectivity index (χ3v) is 5.94. The number of hydrogen-bond donors (Lipinski definition) is 0. The van der Waals surface area contributed by atoms with Gasteiger partial charge in [-0.3, -0.25) is 4.79 Å². The van der Waals surface area contributed by atoms with Crippen molar-refractivity contribution >= 4 is 23.7 Å². The van der Waals surface area contributed by atoms with Crippen LogP contribution in [0.5, 0.6) is 0 Å². The normalized spacial score (nSPS) is 15.9. The maximum atomic E-state index is 11.1. The molecule has 1 aliphatic carbocycles. The second-order valence-corrected chi connectivity index (χ2v) is 7.85. The van der Waals surface area contributed by atoms with Gasteiger partial charge in [0.25, 0.3) is 0 Å². The summed E-state index contributed by atoms with van der Waals surface area (Å²) in [6, 6.07) is 21.4. The summed E-state index contributed by atoms with van der Waals surface area (Å²) in [7, 11) is 0. The molecule has 27 heavy (non-hydrogen) atoms. The van der Waals surface area contributed by atoms with Crippen LogP contribution in [0.4, 0.5) is 11.4 Å². The van der Waals surface area contributed by atoms with Crippen LogP contribution in [0.1, 0.15) is 40.9 Å². The molecule has 3 aromatic carbocycles. The van der Waals surface area contributed by atoms with Crippen molar-refractivity contribution in [1.82, 2.24) is 0 Å². The molecule has 0 saturated heterocycles. The largest absolute Gasteiger partial charge is 0.337 e. The van der Waals surface area contributed by atoms with E-state index in [0.29, 0.717) is 5.56 Å². The van der Waals surface area contributed by atoms with Gasteiger partial charge in [-0.1, -0.05) is 56.3 Å². The second-order valence-electron chi connectivity index (χ2n) is 7.85. The molecule has 0 radical (unpaired) electrons. The SMILES string of the molecule is CC1(C)c2ccccc2-c2ccc(N3CC=Cc4cc(C=O)ccc43)cc21. The number of carbonyl (C=O) groups excluding carboxylic acids is 1. The molecular weight excluding hydrogens is 330 g/mol. The molecule has 0 saturated carbocycles. The summed E-state index contributed by atoms with van der Waals surface area (Å²) in [5, 5.41) is 0. The van der Waals surface area contributed by atoms with E-state index in [1.165, 1.54) is 27.9 Å². The molecule has 0 fully saturated rings. The van der Waals surface area contributed by atoms with Crippen LogP contribution < -0.4 is 4.90 Å². The predicted molar refractivity (Wildman–Crippen MR) is 112 cm³/mol. The van der Waals surface area contributed by atoms with Gasteiger partial charge in [0.05, 0.1) is 0 Å².